The SMILES string of the molecule is Brc1cccc2c(N3CCNCC3)ccnc12.Cl. The Morgan fingerprint density at radius 2 is 1.94 bits per heavy atom. The zero-order valence-corrected chi connectivity index (χ0v) is 12.3. The van der Waals surface area contributed by atoms with E-state index in [0.717, 1.165) is 36.2 Å². The van der Waals surface area contributed by atoms with E-state index < -0.39 is 0 Å². The van der Waals surface area contributed by atoms with Crippen LogP contribution in [0.15, 0.2) is 34.9 Å². The molecule has 1 fully saturated rings. The van der Waals surface area contributed by atoms with Crippen LogP contribution in [0.2, 0.25) is 0 Å². The van der Waals surface area contributed by atoms with Gasteiger partial charge in [-0.15, -0.1) is 12.4 Å². The Balaban J connectivity index is 0.00000120. The summed E-state index contributed by atoms with van der Waals surface area (Å²) in [6, 6.07) is 8.36. The average Bonchev–Trinajstić information content (AvgIpc) is 2.40. The highest BCUT2D eigenvalue weighted by molar-refractivity contribution is 9.10. The second-order valence-corrected chi connectivity index (χ2v) is 5.06. The molecular weight excluding hydrogens is 314 g/mol. The molecule has 0 radical (unpaired) electrons. The van der Waals surface area contributed by atoms with Gasteiger partial charge in [-0.1, -0.05) is 12.1 Å². The first-order valence-corrected chi connectivity index (χ1v) is 6.64. The predicted octanol–water partition coefficient (Wildman–Crippen LogP) is 2.83. The monoisotopic (exact) mass is 327 g/mol. The molecule has 1 saturated heterocycles. The molecule has 18 heavy (non-hydrogen) atoms. The van der Waals surface area contributed by atoms with E-state index in [2.05, 4.69) is 49.3 Å². The van der Waals surface area contributed by atoms with Crippen LogP contribution in [0.25, 0.3) is 10.9 Å². The van der Waals surface area contributed by atoms with Gasteiger partial charge in [-0.3, -0.25) is 4.98 Å². The van der Waals surface area contributed by atoms with E-state index in [1.54, 1.807) is 0 Å². The molecule has 1 aromatic heterocycles. The van der Waals surface area contributed by atoms with Gasteiger partial charge in [-0.25, -0.2) is 0 Å². The fourth-order valence-corrected chi connectivity index (χ4v) is 2.78. The molecule has 0 unspecified atom stereocenters. The Morgan fingerprint density at radius 1 is 1.17 bits per heavy atom. The summed E-state index contributed by atoms with van der Waals surface area (Å²) in [6.07, 6.45) is 1.89. The maximum absolute atomic E-state index is 4.45. The Hall–Kier alpha value is -0.840. The number of fused-ring (bicyclic) bond motifs is 1. The molecule has 5 heteroatoms. The summed E-state index contributed by atoms with van der Waals surface area (Å²) < 4.78 is 1.06. The minimum absolute atomic E-state index is 0. The third-order valence-corrected chi connectivity index (χ3v) is 3.80. The van der Waals surface area contributed by atoms with Gasteiger partial charge >= 0.3 is 0 Å². The van der Waals surface area contributed by atoms with Crippen molar-refractivity contribution < 1.29 is 0 Å². The molecule has 0 atom stereocenters. The van der Waals surface area contributed by atoms with E-state index in [1.165, 1.54) is 11.1 Å². The number of halogens is 2. The van der Waals surface area contributed by atoms with Gasteiger partial charge in [-0.2, -0.15) is 0 Å². The number of para-hydroxylation sites is 1. The lowest BCUT2D eigenvalue weighted by Gasteiger charge is -2.30. The van der Waals surface area contributed by atoms with E-state index in [9.17, 15) is 0 Å². The molecule has 96 valence electrons. The third kappa shape index (κ3) is 2.46. The number of piperazine rings is 1. The van der Waals surface area contributed by atoms with Crippen molar-refractivity contribution in [1.29, 1.82) is 0 Å². The highest BCUT2D eigenvalue weighted by atomic mass is 79.9. The maximum Gasteiger partial charge on any atom is 0.0864 e. The maximum atomic E-state index is 4.45. The van der Waals surface area contributed by atoms with E-state index >= 15 is 0 Å². The predicted molar refractivity (Wildman–Crippen MR) is 81.8 cm³/mol. The molecule has 0 bridgehead atoms. The zero-order valence-electron chi connectivity index (χ0n) is 9.90. The minimum atomic E-state index is 0. The van der Waals surface area contributed by atoms with Crippen molar-refractivity contribution in [3.63, 3.8) is 0 Å². The number of hydrogen-bond acceptors (Lipinski definition) is 3. The molecule has 1 aliphatic heterocycles. The van der Waals surface area contributed by atoms with Gasteiger partial charge in [0.15, 0.2) is 0 Å². The van der Waals surface area contributed by atoms with Crippen molar-refractivity contribution in [3.05, 3.63) is 34.9 Å². The fraction of sp³-hybridized carbons (Fsp3) is 0.308. The third-order valence-electron chi connectivity index (χ3n) is 3.16. The molecule has 1 N–H and O–H groups in total. The summed E-state index contributed by atoms with van der Waals surface area (Å²) in [5.41, 5.74) is 2.33. The number of nitrogens with one attached hydrogen (secondary N) is 1. The summed E-state index contributed by atoms with van der Waals surface area (Å²) in [5.74, 6) is 0. The van der Waals surface area contributed by atoms with Gasteiger partial charge in [0.05, 0.1) is 5.52 Å². The number of aromatic nitrogens is 1. The molecule has 1 aromatic carbocycles. The van der Waals surface area contributed by atoms with Crippen LogP contribution in [-0.2, 0) is 0 Å². The molecule has 2 aromatic rings. The molecule has 0 aliphatic carbocycles. The molecular formula is C13H15BrClN3. The molecule has 1 aliphatic rings. The molecule has 3 rings (SSSR count). The van der Waals surface area contributed by atoms with Crippen LogP contribution >= 0.6 is 28.3 Å². The molecule has 2 heterocycles. The molecule has 0 saturated carbocycles. The number of rotatable bonds is 1. The summed E-state index contributed by atoms with van der Waals surface area (Å²) in [6.45, 7) is 4.23. The summed E-state index contributed by atoms with van der Waals surface area (Å²) in [4.78, 5) is 6.87. The van der Waals surface area contributed by atoms with E-state index in [1.807, 2.05) is 12.3 Å². The van der Waals surface area contributed by atoms with Crippen LogP contribution in [-0.4, -0.2) is 31.2 Å². The summed E-state index contributed by atoms with van der Waals surface area (Å²) >= 11 is 3.56. The quantitative estimate of drug-likeness (QED) is 0.872. The van der Waals surface area contributed by atoms with Crippen LogP contribution in [0.3, 0.4) is 0 Å². The van der Waals surface area contributed by atoms with Crippen molar-refractivity contribution in [2.75, 3.05) is 31.1 Å². The first-order chi connectivity index (χ1) is 8.36. The number of benzene rings is 1. The van der Waals surface area contributed by atoms with Gasteiger partial charge in [0.2, 0.25) is 0 Å². The van der Waals surface area contributed by atoms with Crippen LogP contribution in [0.4, 0.5) is 5.69 Å². The smallest absolute Gasteiger partial charge is 0.0864 e. The van der Waals surface area contributed by atoms with E-state index in [0.29, 0.717) is 0 Å². The number of hydrogen-bond donors (Lipinski definition) is 1. The van der Waals surface area contributed by atoms with Crippen molar-refractivity contribution in [1.82, 2.24) is 10.3 Å². The van der Waals surface area contributed by atoms with E-state index in [4.69, 9.17) is 0 Å². The van der Waals surface area contributed by atoms with Crippen molar-refractivity contribution in [2.24, 2.45) is 0 Å². The van der Waals surface area contributed by atoms with Crippen LogP contribution in [0, 0.1) is 0 Å². The molecule has 3 nitrogen and oxygen atoms in total. The highest BCUT2D eigenvalue weighted by Gasteiger charge is 2.13. The Labute approximate surface area is 121 Å². The first kappa shape index (κ1) is 13.6. The normalized spacial score (nSPS) is 15.5. The van der Waals surface area contributed by atoms with Crippen LogP contribution in [0.5, 0.6) is 0 Å². The number of nitrogens with zero attached hydrogens (tertiary/aromatic N) is 2. The standard InChI is InChI=1S/C13H14BrN3.ClH/c14-11-3-1-2-10-12(4-5-16-13(10)11)17-8-6-15-7-9-17;/h1-5,15H,6-9H2;1H. The highest BCUT2D eigenvalue weighted by Crippen LogP contribution is 2.29. The summed E-state index contributed by atoms with van der Waals surface area (Å²) in [5, 5.41) is 4.60. The van der Waals surface area contributed by atoms with Gasteiger partial charge in [0.25, 0.3) is 0 Å². The van der Waals surface area contributed by atoms with Crippen molar-refractivity contribution >= 4 is 44.9 Å². The lowest BCUT2D eigenvalue weighted by atomic mass is 10.1. The lowest BCUT2D eigenvalue weighted by Crippen LogP contribution is -2.43. The largest absolute Gasteiger partial charge is 0.368 e. The van der Waals surface area contributed by atoms with Gasteiger partial charge in [0, 0.05) is 47.9 Å². The van der Waals surface area contributed by atoms with Gasteiger partial charge in [-0.05, 0) is 28.1 Å². The summed E-state index contributed by atoms with van der Waals surface area (Å²) in [7, 11) is 0. The van der Waals surface area contributed by atoms with Crippen molar-refractivity contribution in [3.8, 4) is 0 Å². The first-order valence-electron chi connectivity index (χ1n) is 5.85. The Bertz CT molecular complexity index is 541. The second kappa shape index (κ2) is 5.87. The van der Waals surface area contributed by atoms with Crippen LogP contribution < -0.4 is 10.2 Å². The van der Waals surface area contributed by atoms with Gasteiger partial charge in [0.1, 0.15) is 0 Å². The minimum Gasteiger partial charge on any atom is -0.368 e. The Kier molecular flexibility index (Phi) is 4.43. The number of anilines is 1. The topological polar surface area (TPSA) is 28.2 Å². The average molecular weight is 329 g/mol. The lowest BCUT2D eigenvalue weighted by molar-refractivity contribution is 0.590. The molecule has 0 amide bonds. The fourth-order valence-electron chi connectivity index (χ4n) is 2.31. The number of pyridine rings is 1. The van der Waals surface area contributed by atoms with Crippen molar-refractivity contribution in [2.45, 2.75) is 0 Å². The van der Waals surface area contributed by atoms with E-state index in [-0.39, 0.29) is 12.4 Å². The Morgan fingerprint density at radius 3 is 2.72 bits per heavy atom. The van der Waals surface area contributed by atoms with Gasteiger partial charge < -0.3 is 10.2 Å². The van der Waals surface area contributed by atoms with Crippen LogP contribution in [0.1, 0.15) is 0 Å². The molecule has 0 spiro atoms. The second-order valence-electron chi connectivity index (χ2n) is 4.20. The zero-order chi connectivity index (χ0) is 11.7.